The summed E-state index contributed by atoms with van der Waals surface area (Å²) in [5.74, 6) is -1.47. The number of likely N-dealkylation sites (tertiary alicyclic amines) is 1. The highest BCUT2D eigenvalue weighted by molar-refractivity contribution is 7.10. The van der Waals surface area contributed by atoms with Crippen molar-refractivity contribution in [2.24, 2.45) is 0 Å². The second-order valence-electron chi connectivity index (χ2n) is 7.74. The normalized spacial score (nSPS) is 15.6. The minimum Gasteiger partial charge on any atom is -0.485 e. The zero-order valence-electron chi connectivity index (χ0n) is 18.5. The highest BCUT2D eigenvalue weighted by atomic mass is 32.1. The number of carbonyl (C=O) groups excluding carboxylic acids is 1. The summed E-state index contributed by atoms with van der Waals surface area (Å²) in [5, 5.41) is 14.6. The molecule has 1 aromatic carbocycles. The Labute approximate surface area is 205 Å². The third-order valence-electron chi connectivity index (χ3n) is 5.17. The number of nitrogens with zero attached hydrogens (tertiary/aromatic N) is 4. The molecule has 0 saturated carbocycles. The third kappa shape index (κ3) is 5.62. The largest absolute Gasteiger partial charge is 0.485 e. The van der Waals surface area contributed by atoms with Gasteiger partial charge in [-0.1, -0.05) is 0 Å². The van der Waals surface area contributed by atoms with Crippen molar-refractivity contribution in [3.05, 3.63) is 53.4 Å². The van der Waals surface area contributed by atoms with E-state index in [9.17, 15) is 27.2 Å². The average molecular weight is 526 g/mol. The average Bonchev–Trinajstić information content (AvgIpc) is 3.42. The predicted molar refractivity (Wildman–Crippen MR) is 120 cm³/mol. The van der Waals surface area contributed by atoms with Crippen LogP contribution < -0.4 is 15.4 Å². The van der Waals surface area contributed by atoms with Gasteiger partial charge in [0, 0.05) is 24.7 Å². The smallest absolute Gasteiger partial charge is 0.434 e. The molecule has 36 heavy (non-hydrogen) atoms. The van der Waals surface area contributed by atoms with Crippen molar-refractivity contribution >= 4 is 40.0 Å². The van der Waals surface area contributed by atoms with Gasteiger partial charge in [0.2, 0.25) is 0 Å². The van der Waals surface area contributed by atoms with E-state index < -0.39 is 35.8 Å². The fourth-order valence-corrected chi connectivity index (χ4v) is 4.22. The number of hydrogen-bond donors (Lipinski definition) is 3. The second kappa shape index (κ2) is 9.93. The van der Waals surface area contributed by atoms with Gasteiger partial charge in [-0.05, 0) is 30.6 Å². The van der Waals surface area contributed by atoms with E-state index in [2.05, 4.69) is 25.0 Å². The Balaban J connectivity index is 1.47. The second-order valence-corrected chi connectivity index (χ2v) is 8.51. The number of ether oxygens (including phenoxy) is 1. The van der Waals surface area contributed by atoms with Crippen molar-refractivity contribution in [2.75, 3.05) is 23.7 Å². The summed E-state index contributed by atoms with van der Waals surface area (Å²) in [7, 11) is 0. The van der Waals surface area contributed by atoms with Crippen LogP contribution in [0.4, 0.5) is 38.9 Å². The monoisotopic (exact) mass is 526 g/mol. The van der Waals surface area contributed by atoms with Gasteiger partial charge in [-0.25, -0.2) is 19.2 Å². The first-order valence-electron chi connectivity index (χ1n) is 10.4. The van der Waals surface area contributed by atoms with Crippen LogP contribution in [0, 0.1) is 12.7 Å². The van der Waals surface area contributed by atoms with Gasteiger partial charge in [0.1, 0.15) is 16.9 Å². The number of alkyl halides is 3. The number of carboxylic acid groups (broad SMARTS) is 1. The number of anilines is 3. The number of rotatable bonds is 6. The first kappa shape index (κ1) is 25.1. The summed E-state index contributed by atoms with van der Waals surface area (Å²) in [6.07, 6.45) is -4.42. The molecule has 0 aliphatic carbocycles. The highest BCUT2D eigenvalue weighted by Gasteiger charge is 2.33. The summed E-state index contributed by atoms with van der Waals surface area (Å²) < 4.78 is 62.1. The molecule has 10 nitrogen and oxygen atoms in total. The quantitative estimate of drug-likeness (QED) is 0.400. The number of aryl methyl sites for hydroxylation is 1. The van der Waals surface area contributed by atoms with E-state index in [-0.39, 0.29) is 40.9 Å². The number of carbonyl (C=O) groups is 2. The molecule has 4 rings (SSSR count). The predicted octanol–water partition coefficient (Wildman–Crippen LogP) is 4.53. The van der Waals surface area contributed by atoms with Gasteiger partial charge in [-0.15, -0.1) is 0 Å². The van der Waals surface area contributed by atoms with E-state index in [1.54, 1.807) is 6.92 Å². The van der Waals surface area contributed by atoms with E-state index in [1.807, 2.05) is 0 Å². The van der Waals surface area contributed by atoms with Crippen molar-refractivity contribution in [3.8, 4) is 5.75 Å². The van der Waals surface area contributed by atoms with Gasteiger partial charge in [0.25, 0.3) is 5.91 Å². The zero-order chi connectivity index (χ0) is 26.0. The minimum absolute atomic E-state index is 0.0230. The maximum absolute atomic E-state index is 14.3. The van der Waals surface area contributed by atoms with E-state index in [0.717, 1.165) is 28.7 Å². The van der Waals surface area contributed by atoms with Gasteiger partial charge >= 0.3 is 12.3 Å². The lowest BCUT2D eigenvalue weighted by Gasteiger charge is -2.16. The van der Waals surface area contributed by atoms with Gasteiger partial charge < -0.3 is 25.4 Å². The van der Waals surface area contributed by atoms with Crippen LogP contribution in [-0.2, 0) is 6.18 Å². The van der Waals surface area contributed by atoms with Crippen molar-refractivity contribution in [3.63, 3.8) is 0 Å². The summed E-state index contributed by atoms with van der Waals surface area (Å²) in [5.41, 5.74) is -0.496. The molecule has 3 heterocycles. The van der Waals surface area contributed by atoms with E-state index >= 15 is 0 Å². The van der Waals surface area contributed by atoms with Crippen LogP contribution in [0.1, 0.15) is 28.2 Å². The third-order valence-corrected chi connectivity index (χ3v) is 6.03. The highest BCUT2D eigenvalue weighted by Crippen LogP contribution is 2.31. The van der Waals surface area contributed by atoms with Crippen molar-refractivity contribution < 1.29 is 37.0 Å². The van der Waals surface area contributed by atoms with Crippen LogP contribution in [-0.4, -0.2) is 55.5 Å². The van der Waals surface area contributed by atoms with Crippen molar-refractivity contribution in [1.82, 2.24) is 19.2 Å². The molecule has 1 atom stereocenters. The maximum Gasteiger partial charge on any atom is 0.434 e. The molecule has 190 valence electrons. The number of hydrogen-bond acceptors (Lipinski definition) is 8. The summed E-state index contributed by atoms with van der Waals surface area (Å²) >= 11 is 0.900. The van der Waals surface area contributed by atoms with Crippen LogP contribution in [0.5, 0.6) is 5.75 Å². The number of amides is 2. The SMILES string of the molecule is Cc1nsc(Nc2cnc(C(F)(F)F)cn2)c1C(=O)Nc1ccc(F)c(O[C@@H]2CCN(C(=O)O)C2)c1. The topological polar surface area (TPSA) is 130 Å². The number of aromatic nitrogens is 3. The van der Waals surface area contributed by atoms with Gasteiger partial charge in [-0.3, -0.25) is 4.79 Å². The molecule has 3 N–H and O–H groups in total. The van der Waals surface area contributed by atoms with Crippen LogP contribution in [0.15, 0.2) is 30.6 Å². The molecule has 3 aromatic rings. The molecule has 1 saturated heterocycles. The Kier molecular flexibility index (Phi) is 6.92. The fraction of sp³-hybridized carbons (Fsp3) is 0.286. The summed E-state index contributed by atoms with van der Waals surface area (Å²) in [4.78, 5) is 32.2. The molecule has 1 aliphatic heterocycles. The summed E-state index contributed by atoms with van der Waals surface area (Å²) in [6.45, 7) is 1.93. The first-order chi connectivity index (χ1) is 17.0. The fourth-order valence-electron chi connectivity index (χ4n) is 3.42. The number of nitrogens with one attached hydrogen (secondary N) is 2. The molecule has 0 spiro atoms. The van der Waals surface area contributed by atoms with E-state index in [1.165, 1.54) is 12.1 Å². The Morgan fingerprint density at radius 3 is 2.67 bits per heavy atom. The lowest BCUT2D eigenvalue weighted by Crippen LogP contribution is -2.29. The number of benzene rings is 1. The Morgan fingerprint density at radius 1 is 1.25 bits per heavy atom. The van der Waals surface area contributed by atoms with Crippen LogP contribution in [0.2, 0.25) is 0 Å². The first-order valence-corrected chi connectivity index (χ1v) is 11.2. The molecule has 0 radical (unpaired) electrons. The molecule has 2 aromatic heterocycles. The van der Waals surface area contributed by atoms with E-state index in [4.69, 9.17) is 9.84 Å². The molecular weight excluding hydrogens is 508 g/mol. The maximum atomic E-state index is 14.3. The molecule has 0 unspecified atom stereocenters. The summed E-state index contributed by atoms with van der Waals surface area (Å²) in [6, 6.07) is 3.70. The van der Waals surface area contributed by atoms with Gasteiger partial charge in [0.05, 0.1) is 30.2 Å². The van der Waals surface area contributed by atoms with Crippen LogP contribution in [0.25, 0.3) is 0 Å². The lowest BCUT2D eigenvalue weighted by molar-refractivity contribution is -0.141. The Morgan fingerprint density at radius 2 is 2.03 bits per heavy atom. The van der Waals surface area contributed by atoms with Crippen molar-refractivity contribution in [2.45, 2.75) is 25.6 Å². The molecular formula is C21H18F4N6O4S. The molecule has 1 fully saturated rings. The lowest BCUT2D eigenvalue weighted by atomic mass is 10.2. The Bertz CT molecular complexity index is 1280. The van der Waals surface area contributed by atoms with Gasteiger partial charge in [-0.2, -0.15) is 17.5 Å². The molecule has 0 bridgehead atoms. The number of halogens is 4. The van der Waals surface area contributed by atoms with E-state index in [0.29, 0.717) is 18.3 Å². The standard InChI is InChI=1S/C21H18F4N6O4S/c1-10-17(19(36-30-10)29-16-8-26-15(7-27-16)21(23,24)25)18(32)28-11-2-3-13(22)14(6-11)35-12-4-5-31(9-12)20(33)34/h2-3,6-8,12H,4-5,9H2,1H3,(H,27,29)(H,28,32)(H,33,34)/t12-/m1/s1. The van der Waals surface area contributed by atoms with Crippen molar-refractivity contribution in [1.29, 1.82) is 0 Å². The molecule has 2 amide bonds. The minimum atomic E-state index is -4.64. The molecule has 1 aliphatic rings. The van der Waals surface area contributed by atoms with Crippen LogP contribution >= 0.6 is 11.5 Å². The zero-order valence-corrected chi connectivity index (χ0v) is 19.3. The molecule has 15 heteroatoms. The van der Waals surface area contributed by atoms with Crippen LogP contribution in [0.3, 0.4) is 0 Å². The Hall–Kier alpha value is -4.01. The van der Waals surface area contributed by atoms with Gasteiger partial charge in [0.15, 0.2) is 17.3 Å².